The zero-order valence-corrected chi connectivity index (χ0v) is 10.1. The Morgan fingerprint density at radius 3 is 2.39 bits per heavy atom. The summed E-state index contributed by atoms with van der Waals surface area (Å²) in [4.78, 5) is 0. The van der Waals surface area contributed by atoms with Crippen LogP contribution >= 0.6 is 0 Å². The minimum atomic E-state index is -0.825. The SMILES string of the molecule is Cc1ccc(Oc2cc(F)cc(F)c2N)cc1C. The fourth-order valence-corrected chi connectivity index (χ4v) is 1.55. The lowest BCUT2D eigenvalue weighted by Crippen LogP contribution is -1.97. The van der Waals surface area contributed by atoms with Crippen molar-refractivity contribution in [1.29, 1.82) is 0 Å². The smallest absolute Gasteiger partial charge is 0.156 e. The van der Waals surface area contributed by atoms with E-state index in [0.717, 1.165) is 23.3 Å². The van der Waals surface area contributed by atoms with E-state index in [1.165, 1.54) is 0 Å². The van der Waals surface area contributed by atoms with Crippen LogP contribution < -0.4 is 10.5 Å². The molecule has 94 valence electrons. The van der Waals surface area contributed by atoms with Crippen LogP contribution in [0.5, 0.6) is 11.5 Å². The fourth-order valence-electron chi connectivity index (χ4n) is 1.55. The van der Waals surface area contributed by atoms with Crippen molar-refractivity contribution in [3.63, 3.8) is 0 Å². The predicted molar refractivity (Wildman–Crippen MR) is 66.8 cm³/mol. The van der Waals surface area contributed by atoms with Crippen molar-refractivity contribution >= 4 is 5.69 Å². The zero-order chi connectivity index (χ0) is 13.3. The van der Waals surface area contributed by atoms with Crippen molar-refractivity contribution in [3.8, 4) is 11.5 Å². The third-order valence-corrected chi connectivity index (χ3v) is 2.76. The van der Waals surface area contributed by atoms with Gasteiger partial charge in [0, 0.05) is 12.1 Å². The summed E-state index contributed by atoms with van der Waals surface area (Å²) < 4.78 is 31.7. The van der Waals surface area contributed by atoms with Crippen molar-refractivity contribution in [1.82, 2.24) is 0 Å². The Hall–Kier alpha value is -2.10. The van der Waals surface area contributed by atoms with E-state index in [0.29, 0.717) is 5.75 Å². The quantitative estimate of drug-likeness (QED) is 0.818. The van der Waals surface area contributed by atoms with Gasteiger partial charge in [-0.1, -0.05) is 6.07 Å². The normalized spacial score (nSPS) is 10.4. The molecule has 0 amide bonds. The van der Waals surface area contributed by atoms with Gasteiger partial charge in [0.25, 0.3) is 0 Å². The Bertz CT molecular complexity index is 597. The second-order valence-electron chi connectivity index (χ2n) is 4.15. The summed E-state index contributed by atoms with van der Waals surface area (Å²) >= 11 is 0. The number of nitrogens with two attached hydrogens (primary N) is 1. The van der Waals surface area contributed by atoms with E-state index in [1.807, 2.05) is 19.9 Å². The summed E-state index contributed by atoms with van der Waals surface area (Å²) in [7, 11) is 0. The molecular weight excluding hydrogens is 236 g/mol. The minimum Gasteiger partial charge on any atom is -0.455 e. The topological polar surface area (TPSA) is 35.2 Å². The first-order valence-corrected chi connectivity index (χ1v) is 5.47. The molecule has 0 saturated heterocycles. The van der Waals surface area contributed by atoms with E-state index in [-0.39, 0.29) is 11.4 Å². The van der Waals surface area contributed by atoms with Crippen LogP contribution in [0, 0.1) is 25.5 Å². The summed E-state index contributed by atoms with van der Waals surface area (Å²) in [5.41, 5.74) is 7.44. The molecule has 2 rings (SSSR count). The lowest BCUT2D eigenvalue weighted by atomic mass is 10.1. The lowest BCUT2D eigenvalue weighted by Gasteiger charge is -2.10. The van der Waals surface area contributed by atoms with Gasteiger partial charge in [-0.2, -0.15) is 0 Å². The van der Waals surface area contributed by atoms with Crippen molar-refractivity contribution in [3.05, 3.63) is 53.1 Å². The Labute approximate surface area is 104 Å². The molecule has 2 nitrogen and oxygen atoms in total. The number of rotatable bonds is 2. The van der Waals surface area contributed by atoms with Crippen LogP contribution in [0.2, 0.25) is 0 Å². The van der Waals surface area contributed by atoms with Gasteiger partial charge in [0.15, 0.2) is 11.6 Å². The van der Waals surface area contributed by atoms with Crippen LogP contribution in [0.3, 0.4) is 0 Å². The molecule has 0 saturated carbocycles. The molecule has 0 aliphatic rings. The number of hydrogen-bond acceptors (Lipinski definition) is 2. The van der Waals surface area contributed by atoms with Crippen molar-refractivity contribution in [2.24, 2.45) is 0 Å². The summed E-state index contributed by atoms with van der Waals surface area (Å²) in [5.74, 6) is -1.07. The summed E-state index contributed by atoms with van der Waals surface area (Å²) in [6.07, 6.45) is 0. The van der Waals surface area contributed by atoms with Crippen LogP contribution in [0.1, 0.15) is 11.1 Å². The number of nitrogen functional groups attached to an aromatic ring is 1. The monoisotopic (exact) mass is 249 g/mol. The molecule has 2 N–H and O–H groups in total. The van der Waals surface area contributed by atoms with Crippen LogP contribution in [0.15, 0.2) is 30.3 Å². The zero-order valence-electron chi connectivity index (χ0n) is 10.1. The molecule has 0 heterocycles. The molecule has 0 unspecified atom stereocenters. The molecule has 18 heavy (non-hydrogen) atoms. The van der Waals surface area contributed by atoms with Crippen LogP contribution in [-0.4, -0.2) is 0 Å². The van der Waals surface area contributed by atoms with Gasteiger partial charge in [-0.15, -0.1) is 0 Å². The van der Waals surface area contributed by atoms with Gasteiger partial charge >= 0.3 is 0 Å². The summed E-state index contributed by atoms with van der Waals surface area (Å²) in [6, 6.07) is 7.18. The van der Waals surface area contributed by atoms with E-state index in [4.69, 9.17) is 10.5 Å². The maximum Gasteiger partial charge on any atom is 0.156 e. The number of halogens is 2. The maximum atomic E-state index is 13.2. The van der Waals surface area contributed by atoms with Gasteiger partial charge < -0.3 is 10.5 Å². The third kappa shape index (κ3) is 2.42. The fraction of sp³-hybridized carbons (Fsp3) is 0.143. The summed E-state index contributed by atoms with van der Waals surface area (Å²) in [6.45, 7) is 3.90. The Kier molecular flexibility index (Phi) is 3.19. The first-order valence-electron chi connectivity index (χ1n) is 5.47. The molecule has 0 atom stereocenters. The van der Waals surface area contributed by atoms with Gasteiger partial charge in [-0.25, -0.2) is 8.78 Å². The molecule has 0 spiro atoms. The number of aryl methyl sites for hydroxylation is 2. The second-order valence-corrected chi connectivity index (χ2v) is 4.15. The van der Waals surface area contributed by atoms with Crippen molar-refractivity contribution < 1.29 is 13.5 Å². The lowest BCUT2D eigenvalue weighted by molar-refractivity contribution is 0.471. The van der Waals surface area contributed by atoms with Gasteiger partial charge in [-0.3, -0.25) is 0 Å². The standard InChI is InChI=1S/C14H13F2NO/c1-8-3-4-11(5-9(8)2)18-13-7-10(15)6-12(16)14(13)17/h3-7H,17H2,1-2H3. The van der Waals surface area contributed by atoms with Crippen LogP contribution in [-0.2, 0) is 0 Å². The van der Waals surface area contributed by atoms with E-state index in [9.17, 15) is 8.78 Å². The van der Waals surface area contributed by atoms with Gasteiger partial charge in [0.2, 0.25) is 0 Å². The van der Waals surface area contributed by atoms with Crippen LogP contribution in [0.4, 0.5) is 14.5 Å². The average Bonchev–Trinajstić information content (AvgIpc) is 2.30. The highest BCUT2D eigenvalue weighted by atomic mass is 19.1. The minimum absolute atomic E-state index is 0.0178. The molecule has 4 heteroatoms. The Morgan fingerprint density at radius 2 is 1.72 bits per heavy atom. The number of anilines is 1. The maximum absolute atomic E-state index is 13.2. The first kappa shape index (κ1) is 12.4. The molecule has 0 fully saturated rings. The first-order chi connectivity index (χ1) is 8.47. The Balaban J connectivity index is 2.36. The highest BCUT2D eigenvalue weighted by Gasteiger charge is 2.10. The molecule has 0 aromatic heterocycles. The van der Waals surface area contributed by atoms with Gasteiger partial charge in [0.05, 0.1) is 0 Å². The molecular formula is C14H13F2NO. The molecule has 2 aromatic rings. The van der Waals surface area contributed by atoms with E-state index in [1.54, 1.807) is 12.1 Å². The predicted octanol–water partition coefficient (Wildman–Crippen LogP) is 3.96. The van der Waals surface area contributed by atoms with Gasteiger partial charge in [-0.05, 0) is 37.1 Å². The molecule has 0 radical (unpaired) electrons. The van der Waals surface area contributed by atoms with Crippen LogP contribution in [0.25, 0.3) is 0 Å². The molecule has 2 aromatic carbocycles. The average molecular weight is 249 g/mol. The largest absolute Gasteiger partial charge is 0.455 e. The Morgan fingerprint density at radius 1 is 1.00 bits per heavy atom. The number of hydrogen-bond donors (Lipinski definition) is 1. The van der Waals surface area contributed by atoms with Crippen molar-refractivity contribution in [2.45, 2.75) is 13.8 Å². The molecule has 0 aliphatic heterocycles. The highest BCUT2D eigenvalue weighted by molar-refractivity contribution is 5.55. The molecule has 0 aliphatic carbocycles. The number of benzene rings is 2. The highest BCUT2D eigenvalue weighted by Crippen LogP contribution is 2.31. The molecule has 0 bridgehead atoms. The van der Waals surface area contributed by atoms with Crippen molar-refractivity contribution in [2.75, 3.05) is 5.73 Å². The summed E-state index contributed by atoms with van der Waals surface area (Å²) in [5, 5.41) is 0. The van der Waals surface area contributed by atoms with Gasteiger partial charge in [0.1, 0.15) is 17.3 Å². The van der Waals surface area contributed by atoms with E-state index in [2.05, 4.69) is 0 Å². The van der Waals surface area contributed by atoms with E-state index >= 15 is 0 Å². The third-order valence-electron chi connectivity index (χ3n) is 2.76. The second kappa shape index (κ2) is 4.64. The number of ether oxygens (including phenoxy) is 1. The van der Waals surface area contributed by atoms with E-state index < -0.39 is 11.6 Å².